The Hall–Kier alpha value is -1.21. The van der Waals surface area contributed by atoms with Gasteiger partial charge in [-0.15, -0.1) is 0 Å². The number of aromatic nitrogens is 1. The number of fused-ring (bicyclic) bond motifs is 1. The molecule has 2 aromatic heterocycles. The molecule has 0 saturated carbocycles. The van der Waals surface area contributed by atoms with Crippen molar-refractivity contribution >= 4 is 11.3 Å². The van der Waals surface area contributed by atoms with Crippen LogP contribution in [0.25, 0.3) is 0 Å². The molecular weight excluding hydrogens is 310 g/mol. The molecule has 0 aliphatic carbocycles. The molecule has 4 rings (SSSR count). The highest BCUT2D eigenvalue weighted by Crippen LogP contribution is 2.26. The Bertz CT molecular complexity index is 628. The molecule has 0 unspecified atom stereocenters. The van der Waals surface area contributed by atoms with Crippen molar-refractivity contribution in [3.63, 3.8) is 0 Å². The van der Waals surface area contributed by atoms with Crippen molar-refractivity contribution in [1.29, 1.82) is 0 Å². The lowest BCUT2D eigenvalue weighted by Crippen LogP contribution is -2.32. The highest BCUT2D eigenvalue weighted by atomic mass is 32.1. The predicted octanol–water partition coefficient (Wildman–Crippen LogP) is 2.38. The van der Waals surface area contributed by atoms with Crippen LogP contribution >= 0.6 is 11.3 Å². The normalized spacial score (nSPS) is 26.3. The Kier molecular flexibility index (Phi) is 4.48. The third kappa shape index (κ3) is 3.66. The Labute approximate surface area is 140 Å². The summed E-state index contributed by atoms with van der Waals surface area (Å²) in [5.41, 5.74) is 2.44. The maximum absolute atomic E-state index is 6.12. The zero-order valence-corrected chi connectivity index (χ0v) is 14.3. The third-order valence-electron chi connectivity index (χ3n) is 4.74. The van der Waals surface area contributed by atoms with Crippen LogP contribution in [0.3, 0.4) is 0 Å². The standard InChI is InChI=1S/C17H23N3O2S/c1-13-6-16(18-22-13)10-20-9-15-8-19(3-4-21-17(15)11-20)7-14-2-5-23-12-14/h2,5-6,12,15,17H,3-4,7-11H2,1H3/t15-,17-/m1/s1. The van der Waals surface area contributed by atoms with Gasteiger partial charge in [0.1, 0.15) is 5.76 Å². The maximum atomic E-state index is 6.12. The largest absolute Gasteiger partial charge is 0.375 e. The smallest absolute Gasteiger partial charge is 0.133 e. The molecule has 0 aromatic carbocycles. The van der Waals surface area contributed by atoms with Gasteiger partial charge in [-0.05, 0) is 29.3 Å². The van der Waals surface area contributed by atoms with Crippen molar-refractivity contribution < 1.29 is 9.26 Å². The van der Waals surface area contributed by atoms with E-state index in [9.17, 15) is 0 Å². The van der Waals surface area contributed by atoms with Crippen molar-refractivity contribution in [3.05, 3.63) is 39.9 Å². The van der Waals surface area contributed by atoms with Gasteiger partial charge < -0.3 is 9.26 Å². The lowest BCUT2D eigenvalue weighted by molar-refractivity contribution is 0.0509. The first-order valence-electron chi connectivity index (χ1n) is 8.26. The molecule has 0 radical (unpaired) electrons. The van der Waals surface area contributed by atoms with Gasteiger partial charge in [-0.1, -0.05) is 5.16 Å². The van der Waals surface area contributed by atoms with Gasteiger partial charge >= 0.3 is 0 Å². The highest BCUT2D eigenvalue weighted by Gasteiger charge is 2.36. The maximum Gasteiger partial charge on any atom is 0.133 e. The molecule has 2 aliphatic heterocycles. The van der Waals surface area contributed by atoms with E-state index in [4.69, 9.17) is 9.26 Å². The van der Waals surface area contributed by atoms with E-state index in [0.717, 1.165) is 57.3 Å². The number of likely N-dealkylation sites (tertiary alicyclic amines) is 1. The number of hydrogen-bond acceptors (Lipinski definition) is 6. The van der Waals surface area contributed by atoms with Crippen LogP contribution < -0.4 is 0 Å². The van der Waals surface area contributed by atoms with E-state index in [-0.39, 0.29) is 0 Å². The lowest BCUT2D eigenvalue weighted by atomic mass is 10.1. The second-order valence-corrected chi connectivity index (χ2v) is 7.44. The minimum Gasteiger partial charge on any atom is -0.375 e. The van der Waals surface area contributed by atoms with Crippen LogP contribution in [0.5, 0.6) is 0 Å². The predicted molar refractivity (Wildman–Crippen MR) is 89.3 cm³/mol. The average Bonchev–Trinajstić information content (AvgIpc) is 3.22. The first-order chi connectivity index (χ1) is 11.3. The Morgan fingerprint density at radius 1 is 1.26 bits per heavy atom. The fourth-order valence-electron chi connectivity index (χ4n) is 3.68. The summed E-state index contributed by atoms with van der Waals surface area (Å²) in [6.45, 7) is 8.91. The monoisotopic (exact) mass is 333 g/mol. The summed E-state index contributed by atoms with van der Waals surface area (Å²) >= 11 is 1.77. The molecule has 0 bridgehead atoms. The second-order valence-electron chi connectivity index (χ2n) is 6.66. The number of aryl methyl sites for hydroxylation is 1. The van der Waals surface area contributed by atoms with Crippen LogP contribution in [-0.2, 0) is 17.8 Å². The topological polar surface area (TPSA) is 41.7 Å². The van der Waals surface area contributed by atoms with Gasteiger partial charge in [0.25, 0.3) is 0 Å². The molecule has 23 heavy (non-hydrogen) atoms. The Morgan fingerprint density at radius 2 is 2.17 bits per heavy atom. The fourth-order valence-corrected chi connectivity index (χ4v) is 4.34. The van der Waals surface area contributed by atoms with Crippen LogP contribution in [0, 0.1) is 12.8 Å². The molecule has 2 fully saturated rings. The average molecular weight is 333 g/mol. The summed E-state index contributed by atoms with van der Waals surface area (Å²) in [4.78, 5) is 4.98. The molecule has 5 nitrogen and oxygen atoms in total. The molecule has 6 heteroatoms. The van der Waals surface area contributed by atoms with Crippen LogP contribution in [0.1, 0.15) is 17.0 Å². The first-order valence-corrected chi connectivity index (χ1v) is 9.20. The Balaban J connectivity index is 1.36. The molecule has 0 amide bonds. The summed E-state index contributed by atoms with van der Waals surface area (Å²) in [6.07, 6.45) is 0.357. The molecule has 124 valence electrons. The van der Waals surface area contributed by atoms with Gasteiger partial charge in [0.15, 0.2) is 0 Å². The molecule has 2 aromatic rings. The zero-order chi connectivity index (χ0) is 15.6. The Morgan fingerprint density at radius 3 is 2.96 bits per heavy atom. The first kappa shape index (κ1) is 15.3. The van der Waals surface area contributed by atoms with E-state index in [0.29, 0.717) is 12.0 Å². The lowest BCUT2D eigenvalue weighted by Gasteiger charge is -2.22. The van der Waals surface area contributed by atoms with E-state index in [1.165, 1.54) is 5.56 Å². The van der Waals surface area contributed by atoms with E-state index >= 15 is 0 Å². The zero-order valence-electron chi connectivity index (χ0n) is 13.5. The van der Waals surface area contributed by atoms with Crippen molar-refractivity contribution in [2.45, 2.75) is 26.1 Å². The number of hydrogen-bond donors (Lipinski definition) is 0. The van der Waals surface area contributed by atoms with Gasteiger partial charge in [0, 0.05) is 51.3 Å². The minimum atomic E-state index is 0.357. The molecule has 4 heterocycles. The van der Waals surface area contributed by atoms with Crippen LogP contribution in [0.15, 0.2) is 27.4 Å². The molecular formula is C17H23N3O2S. The van der Waals surface area contributed by atoms with Crippen molar-refractivity contribution in [2.75, 3.05) is 32.8 Å². The van der Waals surface area contributed by atoms with Crippen molar-refractivity contribution in [3.8, 4) is 0 Å². The molecule has 2 aliphatic rings. The molecule has 0 N–H and O–H groups in total. The van der Waals surface area contributed by atoms with E-state index in [2.05, 4.69) is 31.8 Å². The number of thiophene rings is 1. The second kappa shape index (κ2) is 6.73. The van der Waals surface area contributed by atoms with Crippen LogP contribution in [0.4, 0.5) is 0 Å². The summed E-state index contributed by atoms with van der Waals surface area (Å²) in [7, 11) is 0. The molecule has 2 atom stereocenters. The highest BCUT2D eigenvalue weighted by molar-refractivity contribution is 7.07. The summed E-state index contributed by atoms with van der Waals surface area (Å²) < 4.78 is 11.3. The SMILES string of the molecule is Cc1cc(CN2C[C@H]3CN(Cc4ccsc4)CCO[C@@H]3C2)no1. The van der Waals surface area contributed by atoms with E-state index in [1.807, 2.05) is 13.0 Å². The van der Waals surface area contributed by atoms with Gasteiger partial charge in [-0.3, -0.25) is 9.80 Å². The van der Waals surface area contributed by atoms with Crippen LogP contribution in [-0.4, -0.2) is 53.8 Å². The molecule has 0 spiro atoms. The van der Waals surface area contributed by atoms with Gasteiger partial charge in [-0.2, -0.15) is 11.3 Å². The summed E-state index contributed by atoms with van der Waals surface area (Å²) in [6, 6.07) is 4.25. The summed E-state index contributed by atoms with van der Waals surface area (Å²) in [5, 5.41) is 8.52. The van der Waals surface area contributed by atoms with Gasteiger partial charge in [-0.25, -0.2) is 0 Å². The quantitative estimate of drug-likeness (QED) is 0.859. The van der Waals surface area contributed by atoms with Gasteiger partial charge in [0.2, 0.25) is 0 Å². The fraction of sp³-hybridized carbons (Fsp3) is 0.588. The van der Waals surface area contributed by atoms with E-state index in [1.54, 1.807) is 11.3 Å². The van der Waals surface area contributed by atoms with Crippen molar-refractivity contribution in [1.82, 2.24) is 15.0 Å². The summed E-state index contributed by atoms with van der Waals surface area (Å²) in [5.74, 6) is 1.47. The van der Waals surface area contributed by atoms with Crippen molar-refractivity contribution in [2.24, 2.45) is 5.92 Å². The van der Waals surface area contributed by atoms with E-state index < -0.39 is 0 Å². The third-order valence-corrected chi connectivity index (χ3v) is 5.47. The number of ether oxygens (including phenoxy) is 1. The number of nitrogens with zero attached hydrogens (tertiary/aromatic N) is 3. The minimum absolute atomic E-state index is 0.357. The molecule has 2 saturated heterocycles. The van der Waals surface area contributed by atoms with Gasteiger partial charge in [0.05, 0.1) is 18.4 Å². The van der Waals surface area contributed by atoms with Crippen LogP contribution in [0.2, 0.25) is 0 Å². The number of rotatable bonds is 4.